The fraction of sp³-hybridized carbons (Fsp3) is 0.417. The molecule has 1 unspecified atom stereocenters. The van der Waals surface area contributed by atoms with Gasteiger partial charge in [0.25, 0.3) is 0 Å². The molecule has 4 rings (SSSR count). The Morgan fingerprint density at radius 3 is 2.53 bits per heavy atom. The molecule has 0 radical (unpaired) electrons. The molecule has 0 aromatic heterocycles. The van der Waals surface area contributed by atoms with Gasteiger partial charge in [-0.25, -0.2) is 4.79 Å². The summed E-state index contributed by atoms with van der Waals surface area (Å²) in [5, 5.41) is 2.97. The third-order valence-electron chi connectivity index (χ3n) is 5.80. The Balaban J connectivity index is 1.31. The highest BCUT2D eigenvalue weighted by atomic mass is 16.5. The summed E-state index contributed by atoms with van der Waals surface area (Å²) >= 11 is 0. The molecule has 8 heteroatoms. The van der Waals surface area contributed by atoms with Crippen LogP contribution in [0.5, 0.6) is 11.5 Å². The molecule has 2 aromatic rings. The Kier molecular flexibility index (Phi) is 6.80. The molecule has 2 aromatic carbocycles. The number of hydrogen-bond donors (Lipinski definition) is 1. The third kappa shape index (κ3) is 5.13. The van der Waals surface area contributed by atoms with Gasteiger partial charge in [0.05, 0.1) is 32.4 Å². The number of anilines is 2. The molecular formula is C24H29N3O5. The van der Waals surface area contributed by atoms with Gasteiger partial charge in [-0.3, -0.25) is 9.69 Å². The van der Waals surface area contributed by atoms with Crippen molar-refractivity contribution in [2.45, 2.75) is 19.4 Å². The zero-order chi connectivity index (χ0) is 22.5. The van der Waals surface area contributed by atoms with Crippen LogP contribution in [0.1, 0.15) is 23.7 Å². The molecule has 0 saturated carbocycles. The van der Waals surface area contributed by atoms with Gasteiger partial charge >= 0.3 is 5.97 Å². The monoisotopic (exact) mass is 439 g/mol. The lowest BCUT2D eigenvalue weighted by atomic mass is 10.1. The first kappa shape index (κ1) is 22.0. The molecule has 0 bridgehead atoms. The molecule has 2 aliphatic rings. The number of fused-ring (bicyclic) bond motifs is 1. The van der Waals surface area contributed by atoms with Crippen LogP contribution in [0.2, 0.25) is 0 Å². The van der Waals surface area contributed by atoms with Gasteiger partial charge in [-0.15, -0.1) is 0 Å². The van der Waals surface area contributed by atoms with Crippen LogP contribution in [0.3, 0.4) is 0 Å². The van der Waals surface area contributed by atoms with Crippen molar-refractivity contribution in [3.8, 4) is 11.5 Å². The van der Waals surface area contributed by atoms with Gasteiger partial charge in [-0.2, -0.15) is 0 Å². The van der Waals surface area contributed by atoms with Gasteiger partial charge in [0.1, 0.15) is 0 Å². The van der Waals surface area contributed by atoms with Crippen LogP contribution in [0.15, 0.2) is 42.5 Å². The highest BCUT2D eigenvalue weighted by Crippen LogP contribution is 2.32. The number of benzene rings is 2. The number of rotatable bonds is 5. The number of ether oxygens (including phenoxy) is 3. The minimum absolute atomic E-state index is 0.0535. The number of amides is 1. The van der Waals surface area contributed by atoms with Crippen molar-refractivity contribution in [3.63, 3.8) is 0 Å². The molecule has 2 aliphatic heterocycles. The molecule has 1 fully saturated rings. The van der Waals surface area contributed by atoms with Crippen molar-refractivity contribution >= 4 is 23.3 Å². The summed E-state index contributed by atoms with van der Waals surface area (Å²) in [5.41, 5.74) is 2.30. The summed E-state index contributed by atoms with van der Waals surface area (Å²) < 4.78 is 16.1. The van der Waals surface area contributed by atoms with Crippen LogP contribution >= 0.6 is 0 Å². The second kappa shape index (κ2) is 9.91. The minimum atomic E-state index is -0.339. The second-order valence-corrected chi connectivity index (χ2v) is 8.06. The van der Waals surface area contributed by atoms with E-state index in [0.717, 1.165) is 31.7 Å². The van der Waals surface area contributed by atoms with Crippen molar-refractivity contribution in [1.29, 1.82) is 0 Å². The molecular weight excluding hydrogens is 410 g/mol. The largest absolute Gasteiger partial charge is 0.490 e. The normalized spacial score (nSPS) is 18.6. The summed E-state index contributed by atoms with van der Waals surface area (Å²) in [5.74, 6) is 0.988. The standard InChI is InChI=1S/C24H29N3O5/c1-17-15-27(20-7-4-18(5-8-20)24(29)30-2)11-10-26(17)16-23(28)25-19-6-9-21-22(14-19)32-13-3-12-31-21/h4-9,14,17H,3,10-13,15-16H2,1-2H3,(H,25,28). The van der Waals surface area contributed by atoms with Crippen LogP contribution in [0.4, 0.5) is 11.4 Å². The molecule has 1 saturated heterocycles. The van der Waals surface area contributed by atoms with E-state index >= 15 is 0 Å². The SMILES string of the molecule is COC(=O)c1ccc(N2CCN(CC(=O)Nc3ccc4c(c3)OCCCO4)C(C)C2)cc1. The molecule has 1 N–H and O–H groups in total. The smallest absolute Gasteiger partial charge is 0.337 e. The van der Waals surface area contributed by atoms with E-state index in [1.54, 1.807) is 12.1 Å². The van der Waals surface area contributed by atoms with Crippen LogP contribution in [-0.4, -0.2) is 69.3 Å². The van der Waals surface area contributed by atoms with Crippen molar-refractivity contribution in [2.75, 3.05) is 56.7 Å². The Morgan fingerprint density at radius 2 is 1.81 bits per heavy atom. The summed E-state index contributed by atoms with van der Waals surface area (Å²) in [6.45, 7) is 6.07. The zero-order valence-corrected chi connectivity index (χ0v) is 18.5. The topological polar surface area (TPSA) is 80.3 Å². The maximum atomic E-state index is 12.7. The number of hydrogen-bond acceptors (Lipinski definition) is 7. The van der Waals surface area contributed by atoms with Gasteiger partial charge in [0.15, 0.2) is 11.5 Å². The van der Waals surface area contributed by atoms with E-state index < -0.39 is 0 Å². The lowest BCUT2D eigenvalue weighted by molar-refractivity contribution is -0.117. The number of carbonyl (C=O) groups excluding carboxylic acids is 2. The van der Waals surface area contributed by atoms with E-state index in [-0.39, 0.29) is 17.9 Å². The van der Waals surface area contributed by atoms with Gasteiger partial charge < -0.3 is 24.4 Å². The van der Waals surface area contributed by atoms with E-state index in [4.69, 9.17) is 14.2 Å². The van der Waals surface area contributed by atoms with Crippen molar-refractivity contribution in [2.24, 2.45) is 0 Å². The van der Waals surface area contributed by atoms with Crippen LogP contribution in [0, 0.1) is 0 Å². The molecule has 32 heavy (non-hydrogen) atoms. The summed E-state index contributed by atoms with van der Waals surface area (Å²) in [4.78, 5) is 28.7. The first-order valence-corrected chi connectivity index (χ1v) is 10.9. The van der Waals surface area contributed by atoms with Crippen LogP contribution in [0.25, 0.3) is 0 Å². The number of methoxy groups -OCH3 is 1. The summed E-state index contributed by atoms with van der Waals surface area (Å²) in [7, 11) is 1.38. The van der Waals surface area contributed by atoms with Crippen molar-refractivity contribution in [1.82, 2.24) is 4.90 Å². The Morgan fingerprint density at radius 1 is 1.06 bits per heavy atom. The van der Waals surface area contributed by atoms with Crippen LogP contribution < -0.4 is 19.7 Å². The molecule has 0 spiro atoms. The lowest BCUT2D eigenvalue weighted by Gasteiger charge is -2.40. The molecule has 0 aliphatic carbocycles. The predicted octanol–water partition coefficient (Wildman–Crippen LogP) is 2.78. The highest BCUT2D eigenvalue weighted by molar-refractivity contribution is 5.92. The first-order valence-electron chi connectivity index (χ1n) is 10.9. The highest BCUT2D eigenvalue weighted by Gasteiger charge is 2.26. The number of nitrogens with zero attached hydrogens (tertiary/aromatic N) is 2. The van der Waals surface area contributed by atoms with E-state index in [1.165, 1.54) is 7.11 Å². The predicted molar refractivity (Wildman–Crippen MR) is 122 cm³/mol. The molecule has 8 nitrogen and oxygen atoms in total. The molecule has 1 amide bonds. The maximum absolute atomic E-state index is 12.7. The number of nitrogens with one attached hydrogen (secondary N) is 1. The third-order valence-corrected chi connectivity index (χ3v) is 5.80. The number of esters is 1. The number of piperazine rings is 1. The Hall–Kier alpha value is -3.26. The Labute approximate surface area is 188 Å². The molecule has 2 heterocycles. The van der Waals surface area contributed by atoms with Gasteiger partial charge in [0.2, 0.25) is 5.91 Å². The second-order valence-electron chi connectivity index (χ2n) is 8.06. The van der Waals surface area contributed by atoms with E-state index in [2.05, 4.69) is 22.0 Å². The zero-order valence-electron chi connectivity index (χ0n) is 18.5. The molecule has 1 atom stereocenters. The Bertz CT molecular complexity index is 963. The van der Waals surface area contributed by atoms with Crippen molar-refractivity contribution < 1.29 is 23.8 Å². The van der Waals surface area contributed by atoms with Gasteiger partial charge in [0, 0.05) is 49.5 Å². The minimum Gasteiger partial charge on any atom is -0.490 e. The average molecular weight is 440 g/mol. The van der Waals surface area contributed by atoms with E-state index in [0.29, 0.717) is 42.5 Å². The average Bonchev–Trinajstić information content (AvgIpc) is 3.05. The maximum Gasteiger partial charge on any atom is 0.337 e. The summed E-state index contributed by atoms with van der Waals surface area (Å²) in [6.07, 6.45) is 0.843. The van der Waals surface area contributed by atoms with Gasteiger partial charge in [-0.1, -0.05) is 0 Å². The lowest BCUT2D eigenvalue weighted by Crippen LogP contribution is -2.53. The summed E-state index contributed by atoms with van der Waals surface area (Å²) in [6, 6.07) is 13.1. The fourth-order valence-corrected chi connectivity index (χ4v) is 4.02. The van der Waals surface area contributed by atoms with E-state index in [9.17, 15) is 9.59 Å². The molecule has 170 valence electrons. The van der Waals surface area contributed by atoms with Gasteiger partial charge in [-0.05, 0) is 43.3 Å². The number of carbonyl (C=O) groups is 2. The van der Waals surface area contributed by atoms with Crippen LogP contribution in [-0.2, 0) is 9.53 Å². The van der Waals surface area contributed by atoms with E-state index in [1.807, 2.05) is 30.3 Å². The fourth-order valence-electron chi connectivity index (χ4n) is 4.02. The quantitative estimate of drug-likeness (QED) is 0.718. The first-order chi connectivity index (χ1) is 15.5. The van der Waals surface area contributed by atoms with Crippen molar-refractivity contribution in [3.05, 3.63) is 48.0 Å².